The van der Waals surface area contributed by atoms with Gasteiger partial charge in [-0.1, -0.05) is 13.8 Å². The molecule has 3 aromatic rings. The van der Waals surface area contributed by atoms with Gasteiger partial charge in [-0.15, -0.1) is 0 Å². The highest BCUT2D eigenvalue weighted by Crippen LogP contribution is 2.35. The van der Waals surface area contributed by atoms with Gasteiger partial charge in [0.2, 0.25) is 5.95 Å². The Labute approximate surface area is 215 Å². The first-order valence-corrected chi connectivity index (χ1v) is 14.0. The zero-order valence-corrected chi connectivity index (χ0v) is 22.0. The van der Waals surface area contributed by atoms with Crippen LogP contribution in [0, 0.1) is 5.92 Å². The molecule has 0 amide bonds. The predicted octanol–water partition coefficient (Wildman–Crippen LogP) is 3.85. The first-order chi connectivity index (χ1) is 17.6. The van der Waals surface area contributed by atoms with Gasteiger partial charge in [0.1, 0.15) is 5.82 Å². The minimum atomic E-state index is 0.312. The van der Waals surface area contributed by atoms with Crippen molar-refractivity contribution in [1.29, 1.82) is 0 Å². The third kappa shape index (κ3) is 5.20. The highest BCUT2D eigenvalue weighted by molar-refractivity contribution is 7.13. The first-order valence-electron chi connectivity index (χ1n) is 13.2. The van der Waals surface area contributed by atoms with Gasteiger partial charge in [-0.2, -0.15) is 19.4 Å². The van der Waals surface area contributed by atoms with Crippen LogP contribution < -0.4 is 10.6 Å². The number of rotatable bonds is 8. The first kappa shape index (κ1) is 24.0. The van der Waals surface area contributed by atoms with Crippen molar-refractivity contribution in [2.45, 2.75) is 64.1 Å². The number of nitrogens with zero attached hydrogens (tertiary/aromatic N) is 6. The van der Waals surface area contributed by atoms with Crippen molar-refractivity contribution in [3.63, 3.8) is 0 Å². The fourth-order valence-corrected chi connectivity index (χ4v) is 6.37. The number of ether oxygens (including phenoxy) is 2. The van der Waals surface area contributed by atoms with Crippen LogP contribution in [-0.4, -0.2) is 80.6 Å². The normalized spacial score (nSPS) is 23.8. The van der Waals surface area contributed by atoms with Gasteiger partial charge < -0.3 is 20.1 Å². The van der Waals surface area contributed by atoms with Crippen molar-refractivity contribution in [3.05, 3.63) is 18.1 Å². The number of morpholine rings is 1. The Morgan fingerprint density at radius 3 is 2.61 bits per heavy atom. The van der Waals surface area contributed by atoms with Crippen molar-refractivity contribution in [2.24, 2.45) is 5.92 Å². The van der Waals surface area contributed by atoms with E-state index in [9.17, 15) is 0 Å². The Balaban J connectivity index is 1.18. The minimum Gasteiger partial charge on any atom is -0.381 e. The summed E-state index contributed by atoms with van der Waals surface area (Å²) in [6.07, 6.45) is 8.55. The summed E-state index contributed by atoms with van der Waals surface area (Å²) in [5.41, 5.74) is 1.96. The highest BCUT2D eigenvalue weighted by Gasteiger charge is 2.28. The van der Waals surface area contributed by atoms with Crippen molar-refractivity contribution >= 4 is 39.2 Å². The van der Waals surface area contributed by atoms with E-state index in [1.54, 1.807) is 0 Å². The van der Waals surface area contributed by atoms with Crippen molar-refractivity contribution in [3.8, 4) is 0 Å². The molecule has 5 heterocycles. The summed E-state index contributed by atoms with van der Waals surface area (Å²) in [7, 11) is 0. The largest absolute Gasteiger partial charge is 0.381 e. The molecule has 0 aromatic carbocycles. The van der Waals surface area contributed by atoms with Crippen LogP contribution in [0.3, 0.4) is 0 Å². The summed E-state index contributed by atoms with van der Waals surface area (Å²) < 4.78 is 17.5. The Morgan fingerprint density at radius 1 is 1.08 bits per heavy atom. The third-order valence-corrected chi connectivity index (χ3v) is 8.31. The minimum absolute atomic E-state index is 0.312. The van der Waals surface area contributed by atoms with E-state index in [0.29, 0.717) is 29.9 Å². The van der Waals surface area contributed by atoms with Gasteiger partial charge in [-0.3, -0.25) is 9.58 Å². The molecule has 3 aliphatic rings. The van der Waals surface area contributed by atoms with Crippen molar-refractivity contribution in [2.75, 3.05) is 50.2 Å². The van der Waals surface area contributed by atoms with Gasteiger partial charge in [-0.25, -0.2) is 0 Å². The monoisotopic (exact) mass is 512 g/mol. The van der Waals surface area contributed by atoms with Crippen LogP contribution in [0.1, 0.15) is 51.1 Å². The Morgan fingerprint density at radius 2 is 1.89 bits per heavy atom. The van der Waals surface area contributed by atoms with E-state index in [2.05, 4.69) is 34.5 Å². The van der Waals surface area contributed by atoms with Crippen molar-refractivity contribution in [1.82, 2.24) is 29.0 Å². The van der Waals surface area contributed by atoms with Crippen LogP contribution in [0.2, 0.25) is 0 Å². The number of hydrogen-bond acceptors (Lipinski definition) is 10. The molecule has 11 heteroatoms. The smallest absolute Gasteiger partial charge is 0.230 e. The van der Waals surface area contributed by atoms with Crippen LogP contribution in [0.25, 0.3) is 10.2 Å². The molecule has 1 saturated carbocycles. The molecule has 0 atom stereocenters. The van der Waals surface area contributed by atoms with Gasteiger partial charge in [0.25, 0.3) is 0 Å². The Bertz CT molecular complexity index is 1160. The van der Waals surface area contributed by atoms with E-state index in [0.717, 1.165) is 86.3 Å². The molecule has 0 unspecified atom stereocenters. The van der Waals surface area contributed by atoms with Gasteiger partial charge in [0, 0.05) is 43.8 Å². The number of hydrogen-bond donors (Lipinski definition) is 2. The molecule has 6 rings (SSSR count). The van der Waals surface area contributed by atoms with Crippen LogP contribution in [-0.2, 0) is 16.0 Å². The molecule has 3 fully saturated rings. The average Bonchev–Trinajstić information content (AvgIpc) is 3.50. The molecule has 2 N–H and O–H groups in total. The average molecular weight is 513 g/mol. The van der Waals surface area contributed by atoms with Crippen LogP contribution in [0.5, 0.6) is 0 Å². The number of fused-ring (bicyclic) bond motifs is 1. The molecule has 0 bridgehead atoms. The summed E-state index contributed by atoms with van der Waals surface area (Å²) in [6, 6.07) is 1.08. The van der Waals surface area contributed by atoms with E-state index in [1.165, 1.54) is 24.4 Å². The van der Waals surface area contributed by atoms with Gasteiger partial charge in [-0.05, 0) is 43.1 Å². The molecule has 194 valence electrons. The lowest BCUT2D eigenvalue weighted by molar-refractivity contribution is -0.0408. The topological polar surface area (TPSA) is 102 Å². The maximum atomic E-state index is 5.54. The second-order valence-electron chi connectivity index (χ2n) is 10.6. The molecule has 36 heavy (non-hydrogen) atoms. The lowest BCUT2D eigenvalue weighted by Gasteiger charge is -2.39. The summed E-state index contributed by atoms with van der Waals surface area (Å²) in [5.74, 6) is 2.34. The molecule has 2 saturated heterocycles. The Kier molecular flexibility index (Phi) is 7.05. The fourth-order valence-electron chi connectivity index (χ4n) is 5.46. The maximum absolute atomic E-state index is 5.54. The molecule has 2 aliphatic heterocycles. The molecule has 10 nitrogen and oxygen atoms in total. The van der Waals surface area contributed by atoms with Gasteiger partial charge in [0.15, 0.2) is 4.83 Å². The Hall–Kier alpha value is -2.34. The lowest BCUT2D eigenvalue weighted by Crippen LogP contribution is -2.46. The number of nitrogens with one attached hydrogen (secondary N) is 2. The van der Waals surface area contributed by atoms with Crippen LogP contribution in [0.15, 0.2) is 12.4 Å². The summed E-state index contributed by atoms with van der Waals surface area (Å²) in [6.45, 7) is 10.7. The fraction of sp³-hybridized carbons (Fsp3) is 0.680. The SMILES string of the molecule is CC(C)c1nsc2nc(Nc3cnn(CC4COC4)c3)nc(N[C@H]3CC[C@H](N4CCOCC4)CC3)c12. The second-order valence-corrected chi connectivity index (χ2v) is 11.3. The predicted molar refractivity (Wildman–Crippen MR) is 141 cm³/mol. The number of anilines is 3. The molecular weight excluding hydrogens is 476 g/mol. The molecule has 0 spiro atoms. The number of aromatic nitrogens is 5. The van der Waals surface area contributed by atoms with Crippen LogP contribution >= 0.6 is 11.5 Å². The molecular formula is C25H36N8O2S. The van der Waals surface area contributed by atoms with E-state index >= 15 is 0 Å². The third-order valence-electron chi connectivity index (χ3n) is 7.55. The molecule has 1 aliphatic carbocycles. The zero-order chi connectivity index (χ0) is 24.5. The molecule has 3 aromatic heterocycles. The van der Waals surface area contributed by atoms with Gasteiger partial charge >= 0.3 is 0 Å². The van der Waals surface area contributed by atoms with E-state index in [4.69, 9.17) is 23.8 Å². The van der Waals surface area contributed by atoms with E-state index in [1.807, 2.05) is 17.1 Å². The molecule has 0 radical (unpaired) electrons. The van der Waals surface area contributed by atoms with Crippen molar-refractivity contribution < 1.29 is 9.47 Å². The van der Waals surface area contributed by atoms with E-state index < -0.39 is 0 Å². The maximum Gasteiger partial charge on any atom is 0.230 e. The van der Waals surface area contributed by atoms with E-state index in [-0.39, 0.29) is 0 Å². The highest BCUT2D eigenvalue weighted by atomic mass is 32.1. The van der Waals surface area contributed by atoms with Gasteiger partial charge in [0.05, 0.1) is 49.4 Å². The lowest BCUT2D eigenvalue weighted by atomic mass is 9.90. The summed E-state index contributed by atoms with van der Waals surface area (Å²) >= 11 is 1.45. The zero-order valence-electron chi connectivity index (χ0n) is 21.2. The summed E-state index contributed by atoms with van der Waals surface area (Å²) in [4.78, 5) is 13.3. The summed E-state index contributed by atoms with van der Waals surface area (Å²) in [5, 5.41) is 12.7. The standard InChI is InChI=1S/C25H36N8O2S/c1-16(2)22-21-23(27-18-3-5-20(6-4-18)32-7-9-34-10-8-32)29-25(30-24(21)36-31-22)28-19-11-26-33(13-19)12-17-14-35-15-17/h11,13,16-18,20H,3-10,12,14-15H2,1-2H3,(H2,27,28,29,30)/t18-,20-. The second kappa shape index (κ2) is 10.6. The quantitative estimate of drug-likeness (QED) is 0.466. The van der Waals surface area contributed by atoms with Crippen LogP contribution in [0.4, 0.5) is 17.5 Å².